The molecule has 1 aromatic heterocycles. The van der Waals surface area contributed by atoms with Gasteiger partial charge < -0.3 is 4.57 Å². The molecule has 1 rings (SSSR count). The van der Waals surface area contributed by atoms with Crippen LogP contribution in [0.4, 0.5) is 5.69 Å². The third-order valence-electron chi connectivity index (χ3n) is 2.02. The molecule has 78 valence electrons. The van der Waals surface area contributed by atoms with Crippen LogP contribution in [0.2, 0.25) is 0 Å². The second kappa shape index (κ2) is 5.05. The number of nitro groups is 1. The molecule has 0 spiro atoms. The zero-order valence-electron chi connectivity index (χ0n) is 8.40. The van der Waals surface area contributed by atoms with E-state index in [0.717, 1.165) is 24.4 Å². The fraction of sp³-hybridized carbons (Fsp3) is 0.556. The molecule has 0 atom stereocenters. The first-order chi connectivity index (χ1) is 6.69. The lowest BCUT2D eigenvalue weighted by molar-refractivity contribution is -0.384. The number of unbranched alkanes of at least 4 members (excludes halogenated alkanes) is 1. The molecule has 1 aromatic rings. The summed E-state index contributed by atoms with van der Waals surface area (Å²) < 4.78 is 1.95. The van der Waals surface area contributed by atoms with Crippen LogP contribution < -0.4 is 0 Å². The highest BCUT2D eigenvalue weighted by Crippen LogP contribution is 2.24. The van der Waals surface area contributed by atoms with Gasteiger partial charge in [0.15, 0.2) is 0 Å². The van der Waals surface area contributed by atoms with Crippen molar-refractivity contribution in [2.75, 3.05) is 6.26 Å². The zero-order chi connectivity index (χ0) is 10.6. The lowest BCUT2D eigenvalue weighted by atomic mass is 10.3. The van der Waals surface area contributed by atoms with E-state index < -0.39 is 0 Å². The summed E-state index contributed by atoms with van der Waals surface area (Å²) >= 11 is 1.54. The predicted octanol–water partition coefficient (Wildman–Crippen LogP) is 2.92. The van der Waals surface area contributed by atoms with Crippen molar-refractivity contribution in [2.24, 2.45) is 0 Å². The second-order valence-electron chi connectivity index (χ2n) is 3.04. The van der Waals surface area contributed by atoms with Crippen LogP contribution in [0.25, 0.3) is 0 Å². The molecule has 5 heteroatoms. The van der Waals surface area contributed by atoms with Crippen LogP contribution >= 0.6 is 11.8 Å². The molecule has 0 aromatic carbocycles. The van der Waals surface area contributed by atoms with Gasteiger partial charge in [0.25, 0.3) is 5.69 Å². The minimum atomic E-state index is -0.345. The average molecular weight is 214 g/mol. The van der Waals surface area contributed by atoms with Crippen LogP contribution in [0.1, 0.15) is 19.8 Å². The molecule has 0 fully saturated rings. The van der Waals surface area contributed by atoms with Crippen molar-refractivity contribution in [3.8, 4) is 0 Å². The SMILES string of the molecule is CCCCn1cc([N+](=O)[O-])cc1SC. The molecule has 1 heterocycles. The number of hydrogen-bond donors (Lipinski definition) is 0. The van der Waals surface area contributed by atoms with E-state index in [1.807, 2.05) is 10.8 Å². The Hall–Kier alpha value is -0.970. The zero-order valence-corrected chi connectivity index (χ0v) is 9.21. The highest BCUT2D eigenvalue weighted by Gasteiger charge is 2.12. The van der Waals surface area contributed by atoms with E-state index in [1.54, 1.807) is 24.0 Å². The molecule has 0 aliphatic rings. The molecule has 0 aliphatic carbocycles. The van der Waals surface area contributed by atoms with Gasteiger partial charge in [-0.05, 0) is 12.7 Å². The molecule has 0 saturated heterocycles. The largest absolute Gasteiger partial charge is 0.336 e. The third-order valence-corrected chi connectivity index (χ3v) is 2.79. The Balaban J connectivity index is 2.85. The van der Waals surface area contributed by atoms with E-state index in [9.17, 15) is 10.1 Å². The predicted molar refractivity (Wildman–Crippen MR) is 57.8 cm³/mol. The van der Waals surface area contributed by atoms with Crippen molar-refractivity contribution in [1.29, 1.82) is 0 Å². The summed E-state index contributed by atoms with van der Waals surface area (Å²) in [6.07, 6.45) is 5.70. The van der Waals surface area contributed by atoms with Crippen LogP contribution in [-0.4, -0.2) is 15.7 Å². The molecule has 0 N–H and O–H groups in total. The van der Waals surface area contributed by atoms with Crippen molar-refractivity contribution in [2.45, 2.75) is 31.3 Å². The van der Waals surface area contributed by atoms with Crippen LogP contribution in [0.15, 0.2) is 17.3 Å². The van der Waals surface area contributed by atoms with Crippen LogP contribution in [-0.2, 0) is 6.54 Å². The van der Waals surface area contributed by atoms with Gasteiger partial charge in [-0.3, -0.25) is 10.1 Å². The highest BCUT2D eigenvalue weighted by molar-refractivity contribution is 7.98. The first kappa shape index (κ1) is 11.1. The minimum Gasteiger partial charge on any atom is -0.336 e. The molecule has 0 amide bonds. The van der Waals surface area contributed by atoms with Gasteiger partial charge in [-0.2, -0.15) is 0 Å². The van der Waals surface area contributed by atoms with Gasteiger partial charge in [0, 0.05) is 12.6 Å². The number of hydrogen-bond acceptors (Lipinski definition) is 3. The van der Waals surface area contributed by atoms with Crippen LogP contribution in [0.5, 0.6) is 0 Å². The Labute approximate surface area is 87.5 Å². The van der Waals surface area contributed by atoms with Crippen molar-refractivity contribution in [3.63, 3.8) is 0 Å². The Kier molecular flexibility index (Phi) is 4.00. The normalized spacial score (nSPS) is 10.4. The van der Waals surface area contributed by atoms with Gasteiger partial charge in [-0.25, -0.2) is 0 Å². The summed E-state index contributed by atoms with van der Waals surface area (Å²) in [5.41, 5.74) is 0.186. The maximum Gasteiger partial charge on any atom is 0.288 e. The summed E-state index contributed by atoms with van der Waals surface area (Å²) in [6, 6.07) is 1.63. The summed E-state index contributed by atoms with van der Waals surface area (Å²) in [6.45, 7) is 2.97. The lowest BCUT2D eigenvalue weighted by Gasteiger charge is -2.03. The number of nitrogens with zero attached hydrogens (tertiary/aromatic N) is 2. The van der Waals surface area contributed by atoms with Gasteiger partial charge in [0.05, 0.1) is 16.1 Å². The summed E-state index contributed by atoms with van der Waals surface area (Å²) in [5, 5.41) is 11.5. The van der Waals surface area contributed by atoms with Gasteiger partial charge in [0.1, 0.15) is 0 Å². The molecular weight excluding hydrogens is 200 g/mol. The Morgan fingerprint density at radius 2 is 2.36 bits per heavy atom. The first-order valence-electron chi connectivity index (χ1n) is 4.57. The van der Waals surface area contributed by atoms with Gasteiger partial charge >= 0.3 is 0 Å². The number of rotatable bonds is 5. The fourth-order valence-corrected chi connectivity index (χ4v) is 1.87. The molecule has 14 heavy (non-hydrogen) atoms. The summed E-state index contributed by atoms with van der Waals surface area (Å²) in [4.78, 5) is 10.2. The average Bonchev–Trinajstić information content (AvgIpc) is 2.57. The number of thioether (sulfide) groups is 1. The van der Waals surface area contributed by atoms with Gasteiger partial charge in [-0.15, -0.1) is 11.8 Å². The van der Waals surface area contributed by atoms with E-state index in [0.29, 0.717) is 0 Å². The number of aromatic nitrogens is 1. The van der Waals surface area contributed by atoms with Gasteiger partial charge in [-0.1, -0.05) is 13.3 Å². The monoisotopic (exact) mass is 214 g/mol. The Morgan fingerprint density at radius 1 is 1.64 bits per heavy atom. The highest BCUT2D eigenvalue weighted by atomic mass is 32.2. The standard InChI is InChI=1S/C9H14N2O2S/c1-3-4-5-10-7-8(11(12)13)6-9(10)14-2/h6-7H,3-5H2,1-2H3. The lowest BCUT2D eigenvalue weighted by Crippen LogP contribution is -1.96. The molecular formula is C9H14N2O2S. The van der Waals surface area contributed by atoms with Crippen LogP contribution in [0, 0.1) is 10.1 Å². The number of aryl methyl sites for hydroxylation is 1. The molecule has 4 nitrogen and oxygen atoms in total. The summed E-state index contributed by atoms with van der Waals surface area (Å²) in [5.74, 6) is 0. The second-order valence-corrected chi connectivity index (χ2v) is 3.87. The molecule has 0 saturated carbocycles. The Morgan fingerprint density at radius 3 is 2.86 bits per heavy atom. The minimum absolute atomic E-state index is 0.186. The van der Waals surface area contributed by atoms with Crippen molar-refractivity contribution >= 4 is 17.4 Å². The van der Waals surface area contributed by atoms with E-state index in [2.05, 4.69) is 6.92 Å². The topological polar surface area (TPSA) is 48.1 Å². The van der Waals surface area contributed by atoms with Crippen molar-refractivity contribution in [1.82, 2.24) is 4.57 Å². The molecule has 0 bridgehead atoms. The van der Waals surface area contributed by atoms with Crippen molar-refractivity contribution in [3.05, 3.63) is 22.4 Å². The molecule has 0 aliphatic heterocycles. The van der Waals surface area contributed by atoms with Crippen molar-refractivity contribution < 1.29 is 4.92 Å². The summed E-state index contributed by atoms with van der Waals surface area (Å²) in [7, 11) is 0. The maximum absolute atomic E-state index is 10.5. The van der Waals surface area contributed by atoms with E-state index in [1.165, 1.54) is 0 Å². The molecule has 0 radical (unpaired) electrons. The maximum atomic E-state index is 10.5. The third kappa shape index (κ3) is 2.51. The molecule has 0 unspecified atom stereocenters. The fourth-order valence-electron chi connectivity index (χ4n) is 1.25. The van der Waals surface area contributed by atoms with E-state index >= 15 is 0 Å². The first-order valence-corrected chi connectivity index (χ1v) is 5.80. The Bertz CT molecular complexity index is 323. The van der Waals surface area contributed by atoms with E-state index in [4.69, 9.17) is 0 Å². The van der Waals surface area contributed by atoms with Gasteiger partial charge in [0.2, 0.25) is 0 Å². The van der Waals surface area contributed by atoms with E-state index in [-0.39, 0.29) is 10.6 Å². The van der Waals surface area contributed by atoms with Crippen LogP contribution in [0.3, 0.4) is 0 Å². The smallest absolute Gasteiger partial charge is 0.288 e. The quantitative estimate of drug-likeness (QED) is 0.430.